The van der Waals surface area contributed by atoms with Gasteiger partial charge in [-0.25, -0.2) is 23.7 Å². The van der Waals surface area contributed by atoms with E-state index in [0.29, 0.717) is 55.5 Å². The third-order valence-corrected chi connectivity index (χ3v) is 8.19. The van der Waals surface area contributed by atoms with Crippen LogP contribution in [0, 0.1) is 17.6 Å². The van der Waals surface area contributed by atoms with Crippen LogP contribution in [0.1, 0.15) is 55.7 Å². The van der Waals surface area contributed by atoms with Crippen LogP contribution in [-0.2, 0) is 17.9 Å². The Hall–Kier alpha value is -4.95. The van der Waals surface area contributed by atoms with Crippen LogP contribution in [0.25, 0.3) is 22.6 Å². The van der Waals surface area contributed by atoms with E-state index in [0.717, 1.165) is 12.4 Å². The van der Waals surface area contributed by atoms with Crippen LogP contribution < -0.4 is 16.1 Å². The molecular weight excluding hydrogens is 576 g/mol. The first-order chi connectivity index (χ1) is 21.1. The molecule has 44 heavy (non-hydrogen) atoms. The molecule has 1 fully saturated rings. The summed E-state index contributed by atoms with van der Waals surface area (Å²) in [5, 5.41) is 23.5. The zero-order chi connectivity index (χ0) is 31.1. The van der Waals surface area contributed by atoms with Gasteiger partial charge in [-0.1, -0.05) is 6.42 Å². The first-order valence-electron chi connectivity index (χ1n) is 14.4. The van der Waals surface area contributed by atoms with Crippen molar-refractivity contribution in [3.8, 4) is 17.3 Å². The second-order valence-corrected chi connectivity index (χ2v) is 11.4. The number of aromatic amines is 1. The number of carbonyl (C=O) groups excluding carboxylic acids is 2. The maximum absolute atomic E-state index is 14.8. The third-order valence-electron chi connectivity index (χ3n) is 8.19. The summed E-state index contributed by atoms with van der Waals surface area (Å²) in [5.74, 6) is -2.87. The van der Waals surface area contributed by atoms with Crippen LogP contribution >= 0.6 is 0 Å². The number of H-pyrrole nitrogens is 1. The largest absolute Gasteiger partial charge is 0.503 e. The lowest BCUT2D eigenvalue weighted by Crippen LogP contribution is -2.46. The summed E-state index contributed by atoms with van der Waals surface area (Å²) in [6, 6.07) is 2.12. The molecule has 1 saturated carbocycles. The van der Waals surface area contributed by atoms with E-state index in [1.165, 1.54) is 12.1 Å². The van der Waals surface area contributed by atoms with Crippen LogP contribution in [0.2, 0.25) is 0 Å². The minimum atomic E-state index is -0.683. The SMILES string of the molecule is CC(C)N1CCn2c(CNC(=O)[C@H]3CCCC(Nc4nc(-c5n[nH]c6ncc(F)cc56)ncc4F)C3)cc(=O)c(O)c2C1=O. The Morgan fingerprint density at radius 2 is 1.98 bits per heavy atom. The maximum atomic E-state index is 14.8. The highest BCUT2D eigenvalue weighted by Gasteiger charge is 2.32. The van der Waals surface area contributed by atoms with Gasteiger partial charge in [-0.3, -0.25) is 19.5 Å². The molecule has 0 bridgehead atoms. The summed E-state index contributed by atoms with van der Waals surface area (Å²) < 4.78 is 30.1. The van der Waals surface area contributed by atoms with E-state index in [2.05, 4.69) is 35.8 Å². The monoisotopic (exact) mass is 607 g/mol. The number of amides is 2. The van der Waals surface area contributed by atoms with E-state index >= 15 is 0 Å². The molecule has 0 saturated heterocycles. The van der Waals surface area contributed by atoms with E-state index in [4.69, 9.17) is 0 Å². The van der Waals surface area contributed by atoms with E-state index in [-0.39, 0.29) is 47.6 Å². The van der Waals surface area contributed by atoms with Gasteiger partial charge in [0, 0.05) is 42.9 Å². The highest BCUT2D eigenvalue weighted by molar-refractivity contribution is 5.96. The molecular formula is C29H31F2N9O4. The lowest BCUT2D eigenvalue weighted by Gasteiger charge is -2.34. The molecule has 15 heteroatoms. The van der Waals surface area contributed by atoms with Crippen LogP contribution in [0.15, 0.2) is 29.3 Å². The number of fused-ring (bicyclic) bond motifs is 2. The third kappa shape index (κ3) is 5.44. The van der Waals surface area contributed by atoms with Gasteiger partial charge in [0.15, 0.2) is 34.6 Å². The van der Waals surface area contributed by atoms with Gasteiger partial charge in [0.2, 0.25) is 11.3 Å². The zero-order valence-corrected chi connectivity index (χ0v) is 24.1. The molecule has 0 aromatic carbocycles. The van der Waals surface area contributed by atoms with E-state index in [9.17, 15) is 28.3 Å². The van der Waals surface area contributed by atoms with Crippen LogP contribution in [-0.4, -0.2) is 70.2 Å². The number of halogens is 2. The Morgan fingerprint density at radius 3 is 2.77 bits per heavy atom. The molecule has 2 aliphatic rings. The van der Waals surface area contributed by atoms with E-state index in [1.807, 2.05) is 13.8 Å². The predicted molar refractivity (Wildman–Crippen MR) is 155 cm³/mol. The molecule has 0 spiro atoms. The van der Waals surface area contributed by atoms with Crippen LogP contribution in [0.5, 0.6) is 5.75 Å². The number of pyridine rings is 2. The van der Waals surface area contributed by atoms with Gasteiger partial charge in [-0.2, -0.15) is 5.10 Å². The molecule has 0 radical (unpaired) electrons. The van der Waals surface area contributed by atoms with E-state index in [1.54, 1.807) is 9.47 Å². The number of nitrogens with one attached hydrogen (secondary N) is 3. The van der Waals surface area contributed by atoms with Crippen LogP contribution in [0.4, 0.5) is 14.6 Å². The molecule has 2 amide bonds. The molecule has 13 nitrogen and oxygen atoms in total. The molecule has 5 heterocycles. The topological polar surface area (TPSA) is 171 Å². The van der Waals surface area contributed by atoms with Gasteiger partial charge in [0.1, 0.15) is 11.5 Å². The smallest absolute Gasteiger partial charge is 0.274 e. The van der Waals surface area contributed by atoms with Crippen LogP contribution in [0.3, 0.4) is 0 Å². The Bertz CT molecular complexity index is 1820. The Labute approximate surface area is 249 Å². The first kappa shape index (κ1) is 29.1. The lowest BCUT2D eigenvalue weighted by molar-refractivity contribution is -0.126. The quantitative estimate of drug-likeness (QED) is 0.247. The Morgan fingerprint density at radius 1 is 1.16 bits per heavy atom. The Balaban J connectivity index is 1.14. The number of rotatable bonds is 7. The van der Waals surface area contributed by atoms with Gasteiger partial charge < -0.3 is 25.2 Å². The average molecular weight is 608 g/mol. The number of hydrogen-bond donors (Lipinski definition) is 4. The molecule has 1 aliphatic heterocycles. The zero-order valence-electron chi connectivity index (χ0n) is 24.1. The summed E-state index contributed by atoms with van der Waals surface area (Å²) in [4.78, 5) is 52.5. The predicted octanol–water partition coefficient (Wildman–Crippen LogP) is 2.71. The summed E-state index contributed by atoms with van der Waals surface area (Å²) >= 11 is 0. The van der Waals surface area contributed by atoms with Crippen molar-refractivity contribution in [3.63, 3.8) is 0 Å². The van der Waals surface area contributed by atoms with Crippen molar-refractivity contribution in [3.05, 3.63) is 57.8 Å². The number of nitrogens with zero attached hydrogens (tertiary/aromatic N) is 6. The van der Waals surface area contributed by atoms with Crippen molar-refractivity contribution < 1.29 is 23.5 Å². The number of anilines is 1. The lowest BCUT2D eigenvalue weighted by atomic mass is 9.85. The fraction of sp³-hybridized carbons (Fsp3) is 0.414. The highest BCUT2D eigenvalue weighted by atomic mass is 19.1. The normalized spacial score (nSPS) is 18.5. The molecule has 230 valence electrons. The van der Waals surface area contributed by atoms with Crippen molar-refractivity contribution in [2.75, 3.05) is 11.9 Å². The fourth-order valence-electron chi connectivity index (χ4n) is 5.95. The summed E-state index contributed by atoms with van der Waals surface area (Å²) in [6.07, 6.45) is 4.47. The van der Waals surface area contributed by atoms with Gasteiger partial charge >= 0.3 is 0 Å². The van der Waals surface area contributed by atoms with Crippen molar-refractivity contribution in [1.82, 2.24) is 39.9 Å². The molecule has 2 atom stereocenters. The second kappa shape index (κ2) is 11.6. The second-order valence-electron chi connectivity index (χ2n) is 11.4. The number of aromatic hydroxyl groups is 1. The van der Waals surface area contributed by atoms with E-state index < -0.39 is 34.6 Å². The number of aromatic nitrogens is 6. The van der Waals surface area contributed by atoms with Crippen molar-refractivity contribution in [1.29, 1.82) is 0 Å². The molecule has 6 rings (SSSR count). The van der Waals surface area contributed by atoms with Gasteiger partial charge in [-0.15, -0.1) is 0 Å². The minimum absolute atomic E-state index is 0.00186. The number of carbonyl (C=O) groups is 2. The van der Waals surface area contributed by atoms with Gasteiger partial charge in [0.25, 0.3) is 5.91 Å². The molecule has 4 aromatic heterocycles. The van der Waals surface area contributed by atoms with Crippen molar-refractivity contribution in [2.24, 2.45) is 5.92 Å². The summed E-state index contributed by atoms with van der Waals surface area (Å²) in [7, 11) is 0. The summed E-state index contributed by atoms with van der Waals surface area (Å²) in [6.45, 7) is 4.51. The minimum Gasteiger partial charge on any atom is -0.503 e. The average Bonchev–Trinajstić information content (AvgIpc) is 3.42. The fourth-order valence-corrected chi connectivity index (χ4v) is 5.95. The van der Waals surface area contributed by atoms with Crippen molar-refractivity contribution in [2.45, 2.75) is 64.7 Å². The maximum Gasteiger partial charge on any atom is 0.274 e. The first-order valence-corrected chi connectivity index (χ1v) is 14.4. The van der Waals surface area contributed by atoms with Crippen molar-refractivity contribution >= 4 is 28.7 Å². The standard InChI is InChI=1S/C29H31F2N9O4/c1-14(2)39-6-7-40-18(10-21(41)24(42)23(40)29(39)44)12-34-28(43)15-4-3-5-17(8-15)35-26-20(31)13-33-27(36-26)22-19-9-16(30)11-32-25(19)38-37-22/h9-11,13-15,17,42H,3-8,12H2,1-2H3,(H,34,43)(H,32,37,38)(H,33,35,36)/t15-,17?/m0/s1. The summed E-state index contributed by atoms with van der Waals surface area (Å²) in [5.41, 5.74) is 0.239. The molecule has 4 aromatic rings. The molecule has 1 aliphatic carbocycles. The molecule has 1 unspecified atom stereocenters. The van der Waals surface area contributed by atoms with Gasteiger partial charge in [0.05, 0.1) is 24.3 Å². The number of hydrogen-bond acceptors (Lipinski definition) is 9. The highest BCUT2D eigenvalue weighted by Crippen LogP contribution is 2.29. The molecule has 4 N–H and O–H groups in total. The Kier molecular flexibility index (Phi) is 7.69. The van der Waals surface area contributed by atoms with Gasteiger partial charge in [-0.05, 0) is 39.2 Å².